The van der Waals surface area contributed by atoms with Crippen molar-refractivity contribution in [2.24, 2.45) is 23.5 Å². The van der Waals surface area contributed by atoms with E-state index in [0.29, 0.717) is 12.8 Å². The number of benzene rings is 1. The van der Waals surface area contributed by atoms with Gasteiger partial charge in [-0.05, 0) is 49.7 Å². The number of halogens is 3. The number of rotatable bonds is 8. The van der Waals surface area contributed by atoms with Gasteiger partial charge in [0.05, 0.1) is 24.5 Å². The molecule has 5 nitrogen and oxygen atoms in total. The van der Waals surface area contributed by atoms with E-state index in [2.05, 4.69) is 4.74 Å². The van der Waals surface area contributed by atoms with Crippen LogP contribution < -0.4 is 10.5 Å². The third kappa shape index (κ3) is 6.01. The molecule has 0 bridgehead atoms. The van der Waals surface area contributed by atoms with Crippen LogP contribution in [0.2, 0.25) is 0 Å². The van der Waals surface area contributed by atoms with Gasteiger partial charge >= 0.3 is 6.36 Å². The first-order valence-electron chi connectivity index (χ1n) is 10.8. The molecule has 4 unspecified atom stereocenters. The monoisotopic (exact) mass is 441 g/mol. The molecule has 0 amide bonds. The maximum atomic E-state index is 12.9. The zero-order chi connectivity index (χ0) is 22.8. The second-order valence-corrected chi connectivity index (χ2v) is 8.62. The highest BCUT2D eigenvalue weighted by Gasteiger charge is 2.37. The van der Waals surface area contributed by atoms with E-state index in [1.54, 1.807) is 6.07 Å². The molecule has 3 N–H and O–H groups in total. The summed E-state index contributed by atoms with van der Waals surface area (Å²) in [6, 6.07) is 5.53. The highest BCUT2D eigenvalue weighted by atomic mass is 19.4. The van der Waals surface area contributed by atoms with E-state index >= 15 is 0 Å². The number of ketones is 1. The number of hydrogen-bond acceptors (Lipinski definition) is 5. The van der Waals surface area contributed by atoms with Crippen LogP contribution in [-0.4, -0.2) is 36.1 Å². The van der Waals surface area contributed by atoms with Crippen molar-refractivity contribution >= 4 is 11.5 Å². The molecule has 3 rings (SSSR count). The average molecular weight is 441 g/mol. The molecule has 31 heavy (non-hydrogen) atoms. The number of aliphatic hydroxyl groups excluding tert-OH is 1. The Kier molecular flexibility index (Phi) is 7.31. The number of Topliss-reactive ketones (excluding diaryl/α,β-unsaturated/α-hetero) is 1. The van der Waals surface area contributed by atoms with Crippen molar-refractivity contribution < 1.29 is 32.5 Å². The average Bonchev–Trinajstić information content (AvgIpc) is 3.54. The summed E-state index contributed by atoms with van der Waals surface area (Å²) in [5.74, 6) is -0.625. The summed E-state index contributed by atoms with van der Waals surface area (Å²) >= 11 is 0. The van der Waals surface area contributed by atoms with Crippen LogP contribution >= 0.6 is 0 Å². The minimum Gasteiger partial charge on any atom is -0.405 e. The number of carbonyl (C=O) groups is 1. The second-order valence-electron chi connectivity index (χ2n) is 8.62. The van der Waals surface area contributed by atoms with Crippen LogP contribution in [0.25, 0.3) is 5.70 Å². The fraction of sp³-hybridized carbons (Fsp3) is 0.609. The Hall–Kier alpha value is -2.06. The van der Waals surface area contributed by atoms with E-state index in [0.717, 1.165) is 19.3 Å². The fourth-order valence-electron chi connectivity index (χ4n) is 4.28. The molecule has 0 radical (unpaired) electrons. The SMILES string of the molecule is CCC1CC(OCC(C(=O)C2CC2)=C(N)c2ccccc2OC(F)(F)F)CC(C)C1O. The maximum absolute atomic E-state index is 12.9. The van der Waals surface area contributed by atoms with Gasteiger partial charge in [-0.25, -0.2) is 0 Å². The summed E-state index contributed by atoms with van der Waals surface area (Å²) in [6.45, 7) is 3.90. The quantitative estimate of drug-likeness (QED) is 0.583. The normalized spacial score (nSPS) is 27.5. The van der Waals surface area contributed by atoms with Gasteiger partial charge in [0.2, 0.25) is 0 Å². The van der Waals surface area contributed by atoms with E-state index in [1.807, 2.05) is 13.8 Å². The van der Waals surface area contributed by atoms with Crippen LogP contribution in [0, 0.1) is 17.8 Å². The van der Waals surface area contributed by atoms with Gasteiger partial charge in [0, 0.05) is 17.1 Å². The van der Waals surface area contributed by atoms with Crippen LogP contribution in [0.4, 0.5) is 13.2 Å². The third-order valence-electron chi connectivity index (χ3n) is 6.23. The number of alkyl halides is 3. The van der Waals surface area contributed by atoms with Crippen LogP contribution in [0.3, 0.4) is 0 Å². The minimum atomic E-state index is -4.87. The first-order chi connectivity index (χ1) is 14.6. The van der Waals surface area contributed by atoms with E-state index in [4.69, 9.17) is 10.5 Å². The predicted octanol–water partition coefficient (Wildman–Crippen LogP) is 4.44. The van der Waals surface area contributed by atoms with Gasteiger partial charge in [-0.3, -0.25) is 4.79 Å². The largest absolute Gasteiger partial charge is 0.573 e. The van der Waals surface area contributed by atoms with E-state index in [9.17, 15) is 23.1 Å². The van der Waals surface area contributed by atoms with Crippen LogP contribution in [0.5, 0.6) is 5.75 Å². The van der Waals surface area contributed by atoms with Crippen molar-refractivity contribution in [3.8, 4) is 5.75 Å². The summed E-state index contributed by atoms with van der Waals surface area (Å²) in [5.41, 5.74) is 6.39. The van der Waals surface area contributed by atoms with Gasteiger partial charge in [0.25, 0.3) is 0 Å². The molecular formula is C23H30F3NO4. The molecule has 1 aromatic carbocycles. The summed E-state index contributed by atoms with van der Waals surface area (Å²) < 4.78 is 48.6. The number of hydrogen-bond donors (Lipinski definition) is 2. The Bertz CT molecular complexity index is 819. The van der Waals surface area contributed by atoms with E-state index < -0.39 is 12.1 Å². The van der Waals surface area contributed by atoms with Crippen molar-refractivity contribution in [3.05, 3.63) is 35.4 Å². The van der Waals surface area contributed by atoms with Gasteiger partial charge in [-0.1, -0.05) is 32.4 Å². The number of aliphatic hydroxyl groups is 1. The van der Waals surface area contributed by atoms with E-state index in [1.165, 1.54) is 18.2 Å². The smallest absolute Gasteiger partial charge is 0.405 e. The summed E-state index contributed by atoms with van der Waals surface area (Å²) in [5, 5.41) is 10.3. The molecule has 0 heterocycles. The Morgan fingerprint density at radius 3 is 2.52 bits per heavy atom. The standard InChI is InChI=1S/C23H30F3NO4/c1-3-14-11-16(10-13(2)21(14)28)30-12-18(22(29)15-8-9-15)20(27)17-6-4-5-7-19(17)31-23(24,25)26/h4-7,13-16,21,28H,3,8-12,27H2,1-2H3. The van der Waals surface area contributed by atoms with Crippen molar-refractivity contribution in [3.63, 3.8) is 0 Å². The molecule has 2 saturated carbocycles. The lowest BCUT2D eigenvalue weighted by molar-refractivity contribution is -0.274. The van der Waals surface area contributed by atoms with Crippen LogP contribution in [-0.2, 0) is 9.53 Å². The van der Waals surface area contributed by atoms with Gasteiger partial charge in [-0.2, -0.15) is 0 Å². The van der Waals surface area contributed by atoms with Crippen molar-refractivity contribution in [2.75, 3.05) is 6.61 Å². The van der Waals surface area contributed by atoms with Crippen molar-refractivity contribution in [1.29, 1.82) is 0 Å². The second kappa shape index (κ2) is 9.61. The zero-order valence-corrected chi connectivity index (χ0v) is 17.8. The Morgan fingerprint density at radius 1 is 1.23 bits per heavy atom. The molecule has 0 aliphatic heterocycles. The summed E-state index contributed by atoms with van der Waals surface area (Å²) in [7, 11) is 0. The maximum Gasteiger partial charge on any atom is 0.573 e. The number of carbonyl (C=O) groups excluding carboxylic acids is 1. The van der Waals surface area contributed by atoms with Gasteiger partial charge in [-0.15, -0.1) is 13.2 Å². The lowest BCUT2D eigenvalue weighted by Crippen LogP contribution is -2.39. The first kappa shape index (κ1) is 23.6. The minimum absolute atomic E-state index is 0.0197. The molecular weight excluding hydrogens is 411 g/mol. The number of para-hydroxylation sites is 1. The number of ether oxygens (including phenoxy) is 2. The van der Waals surface area contributed by atoms with Crippen LogP contribution in [0.1, 0.15) is 51.5 Å². The fourth-order valence-corrected chi connectivity index (χ4v) is 4.28. The summed E-state index contributed by atoms with van der Waals surface area (Å²) in [4.78, 5) is 12.9. The van der Waals surface area contributed by atoms with Crippen molar-refractivity contribution in [2.45, 2.75) is 64.5 Å². The molecule has 1 aromatic rings. The van der Waals surface area contributed by atoms with Crippen molar-refractivity contribution in [1.82, 2.24) is 0 Å². The molecule has 0 spiro atoms. The lowest BCUT2D eigenvalue weighted by Gasteiger charge is -2.37. The Labute approximate surface area is 180 Å². The van der Waals surface area contributed by atoms with Gasteiger partial charge in [0.1, 0.15) is 5.75 Å². The molecule has 2 fully saturated rings. The Morgan fingerprint density at radius 2 is 1.90 bits per heavy atom. The zero-order valence-electron chi connectivity index (χ0n) is 17.8. The lowest BCUT2D eigenvalue weighted by atomic mass is 9.77. The molecule has 2 aliphatic rings. The Balaban J connectivity index is 1.84. The van der Waals surface area contributed by atoms with Gasteiger partial charge in [0.15, 0.2) is 5.78 Å². The topological polar surface area (TPSA) is 81.8 Å². The molecule has 172 valence electrons. The highest BCUT2D eigenvalue weighted by molar-refractivity contribution is 6.05. The third-order valence-corrected chi connectivity index (χ3v) is 6.23. The van der Waals surface area contributed by atoms with E-state index in [-0.39, 0.29) is 59.2 Å². The number of nitrogens with two attached hydrogens (primary N) is 1. The van der Waals surface area contributed by atoms with Gasteiger partial charge < -0.3 is 20.3 Å². The molecule has 4 atom stereocenters. The predicted molar refractivity (Wildman–Crippen MR) is 110 cm³/mol. The first-order valence-corrected chi connectivity index (χ1v) is 10.8. The molecule has 0 saturated heterocycles. The summed E-state index contributed by atoms with van der Waals surface area (Å²) in [6.07, 6.45) is -1.80. The highest BCUT2D eigenvalue weighted by Crippen LogP contribution is 2.37. The molecule has 8 heteroatoms. The molecule has 0 aromatic heterocycles. The molecule has 2 aliphatic carbocycles. The van der Waals surface area contributed by atoms with Crippen LogP contribution in [0.15, 0.2) is 29.8 Å².